The molecule has 3 nitrogen and oxygen atoms in total. The molecule has 0 saturated carbocycles. The Labute approximate surface area is 165 Å². The number of amides is 1. The molecule has 4 aromatic rings. The standard InChI is InChI=1S/C22H18F2N2OS/c1-25(13-15-5-3-2-4-6-15)22(27)20-12-21-19(9-10-28-21)26(20)14-16-7-8-17(23)18(24)11-16/h2-12H,13-14H2,1H3. The molecule has 0 spiro atoms. The summed E-state index contributed by atoms with van der Waals surface area (Å²) < 4.78 is 29.7. The third kappa shape index (κ3) is 3.55. The summed E-state index contributed by atoms with van der Waals surface area (Å²) in [4.78, 5) is 14.8. The van der Waals surface area contributed by atoms with Crippen molar-refractivity contribution in [3.05, 3.63) is 94.5 Å². The van der Waals surface area contributed by atoms with E-state index in [9.17, 15) is 13.6 Å². The van der Waals surface area contributed by atoms with Gasteiger partial charge in [0.15, 0.2) is 11.6 Å². The van der Waals surface area contributed by atoms with Crippen LogP contribution in [0.4, 0.5) is 8.78 Å². The molecule has 0 saturated heterocycles. The van der Waals surface area contributed by atoms with E-state index in [-0.39, 0.29) is 12.5 Å². The van der Waals surface area contributed by atoms with E-state index in [4.69, 9.17) is 0 Å². The molecule has 0 atom stereocenters. The van der Waals surface area contributed by atoms with Crippen molar-refractivity contribution in [2.24, 2.45) is 0 Å². The molecule has 0 fully saturated rings. The molecule has 142 valence electrons. The second kappa shape index (κ2) is 7.56. The second-order valence-electron chi connectivity index (χ2n) is 6.68. The SMILES string of the molecule is CN(Cc1ccccc1)C(=O)c1cc2sccc2n1Cc1ccc(F)c(F)c1. The van der Waals surface area contributed by atoms with E-state index < -0.39 is 11.6 Å². The summed E-state index contributed by atoms with van der Waals surface area (Å²) in [6.45, 7) is 0.779. The molecule has 1 amide bonds. The molecular formula is C22H18F2N2OS. The molecular weight excluding hydrogens is 378 g/mol. The van der Waals surface area contributed by atoms with Crippen molar-refractivity contribution >= 4 is 27.5 Å². The first-order valence-electron chi connectivity index (χ1n) is 8.83. The molecule has 0 unspecified atom stereocenters. The Morgan fingerprint density at radius 1 is 1.00 bits per heavy atom. The molecule has 2 aromatic carbocycles. The van der Waals surface area contributed by atoms with Gasteiger partial charge in [0.1, 0.15) is 5.69 Å². The first-order valence-corrected chi connectivity index (χ1v) is 9.71. The van der Waals surface area contributed by atoms with Crippen molar-refractivity contribution in [1.29, 1.82) is 0 Å². The van der Waals surface area contributed by atoms with E-state index in [2.05, 4.69) is 0 Å². The van der Waals surface area contributed by atoms with Crippen molar-refractivity contribution in [1.82, 2.24) is 9.47 Å². The largest absolute Gasteiger partial charge is 0.336 e. The highest BCUT2D eigenvalue weighted by atomic mass is 32.1. The molecule has 0 aliphatic rings. The topological polar surface area (TPSA) is 25.2 Å². The van der Waals surface area contributed by atoms with Gasteiger partial charge in [-0.05, 0) is 40.8 Å². The lowest BCUT2D eigenvalue weighted by atomic mass is 10.2. The number of fused-ring (bicyclic) bond motifs is 1. The van der Waals surface area contributed by atoms with Gasteiger partial charge in [-0.2, -0.15) is 0 Å². The molecule has 28 heavy (non-hydrogen) atoms. The molecule has 0 N–H and O–H groups in total. The maximum atomic E-state index is 13.6. The molecule has 0 radical (unpaired) electrons. The van der Waals surface area contributed by atoms with E-state index >= 15 is 0 Å². The maximum absolute atomic E-state index is 13.6. The molecule has 4 rings (SSSR count). The van der Waals surface area contributed by atoms with Crippen LogP contribution in [0, 0.1) is 11.6 Å². The fourth-order valence-corrected chi connectivity index (χ4v) is 4.09. The number of benzene rings is 2. The maximum Gasteiger partial charge on any atom is 0.270 e. The molecule has 0 aliphatic heterocycles. The van der Waals surface area contributed by atoms with E-state index in [1.54, 1.807) is 29.4 Å². The Hall–Kier alpha value is -2.99. The summed E-state index contributed by atoms with van der Waals surface area (Å²) in [7, 11) is 1.76. The van der Waals surface area contributed by atoms with Gasteiger partial charge in [-0.15, -0.1) is 11.3 Å². The Kier molecular flexibility index (Phi) is 4.96. The Balaban J connectivity index is 1.66. The number of aromatic nitrogens is 1. The zero-order chi connectivity index (χ0) is 19.7. The van der Waals surface area contributed by atoms with Crippen LogP contribution in [0.2, 0.25) is 0 Å². The number of carbonyl (C=O) groups excluding carboxylic acids is 1. The number of hydrogen-bond acceptors (Lipinski definition) is 2. The van der Waals surface area contributed by atoms with Gasteiger partial charge in [0, 0.05) is 20.1 Å². The van der Waals surface area contributed by atoms with E-state index in [1.165, 1.54) is 6.07 Å². The lowest BCUT2D eigenvalue weighted by molar-refractivity contribution is 0.0775. The van der Waals surface area contributed by atoms with Crippen molar-refractivity contribution in [3.63, 3.8) is 0 Å². The van der Waals surface area contributed by atoms with Crippen LogP contribution in [0.25, 0.3) is 10.2 Å². The Morgan fingerprint density at radius 3 is 2.54 bits per heavy atom. The normalized spacial score (nSPS) is 11.1. The van der Waals surface area contributed by atoms with Crippen molar-refractivity contribution < 1.29 is 13.6 Å². The number of rotatable bonds is 5. The van der Waals surface area contributed by atoms with E-state index in [1.807, 2.05) is 52.4 Å². The minimum absolute atomic E-state index is 0.116. The number of thiophene rings is 1. The summed E-state index contributed by atoms with van der Waals surface area (Å²) in [6, 6.07) is 17.4. The van der Waals surface area contributed by atoms with Crippen LogP contribution < -0.4 is 0 Å². The van der Waals surface area contributed by atoms with Crippen LogP contribution in [0.3, 0.4) is 0 Å². The minimum atomic E-state index is -0.889. The van der Waals surface area contributed by atoms with E-state index in [0.717, 1.165) is 21.8 Å². The lowest BCUT2D eigenvalue weighted by Gasteiger charge is -2.19. The van der Waals surface area contributed by atoms with Gasteiger partial charge in [-0.25, -0.2) is 8.78 Å². The highest BCUT2D eigenvalue weighted by Crippen LogP contribution is 2.27. The van der Waals surface area contributed by atoms with Crippen LogP contribution in [-0.4, -0.2) is 22.4 Å². The lowest BCUT2D eigenvalue weighted by Crippen LogP contribution is -2.28. The molecule has 0 bridgehead atoms. The predicted octanol–water partition coefficient (Wildman–Crippen LogP) is 5.30. The van der Waals surface area contributed by atoms with E-state index in [0.29, 0.717) is 17.8 Å². The zero-order valence-electron chi connectivity index (χ0n) is 15.2. The fourth-order valence-electron chi connectivity index (χ4n) is 3.27. The van der Waals surface area contributed by atoms with Crippen molar-refractivity contribution in [2.75, 3.05) is 7.05 Å². The summed E-state index contributed by atoms with van der Waals surface area (Å²) in [6.07, 6.45) is 0. The number of carbonyl (C=O) groups is 1. The zero-order valence-corrected chi connectivity index (χ0v) is 16.0. The third-order valence-electron chi connectivity index (χ3n) is 4.68. The molecule has 0 aliphatic carbocycles. The van der Waals surface area contributed by atoms with Gasteiger partial charge < -0.3 is 9.47 Å². The molecule has 2 heterocycles. The average molecular weight is 396 g/mol. The van der Waals surface area contributed by atoms with Gasteiger partial charge >= 0.3 is 0 Å². The number of halogens is 2. The van der Waals surface area contributed by atoms with Crippen LogP contribution in [-0.2, 0) is 13.1 Å². The highest BCUT2D eigenvalue weighted by Gasteiger charge is 2.20. The quantitative estimate of drug-likeness (QED) is 0.449. The van der Waals surface area contributed by atoms with Gasteiger partial charge in [0.25, 0.3) is 5.91 Å². The Bertz CT molecular complexity index is 1130. The molecule has 2 aromatic heterocycles. The summed E-state index contributed by atoms with van der Waals surface area (Å²) >= 11 is 1.55. The van der Waals surface area contributed by atoms with Gasteiger partial charge in [0.2, 0.25) is 0 Å². The van der Waals surface area contributed by atoms with Crippen LogP contribution in [0.15, 0.2) is 66.0 Å². The second-order valence-corrected chi connectivity index (χ2v) is 7.63. The van der Waals surface area contributed by atoms with Gasteiger partial charge in [0.05, 0.1) is 10.2 Å². The predicted molar refractivity (Wildman–Crippen MR) is 108 cm³/mol. The average Bonchev–Trinajstić information content (AvgIpc) is 3.27. The van der Waals surface area contributed by atoms with Crippen molar-refractivity contribution in [2.45, 2.75) is 13.1 Å². The first kappa shape index (κ1) is 18.4. The highest BCUT2D eigenvalue weighted by molar-refractivity contribution is 7.17. The number of hydrogen-bond donors (Lipinski definition) is 0. The monoisotopic (exact) mass is 396 g/mol. The van der Waals surface area contributed by atoms with Gasteiger partial charge in [-0.3, -0.25) is 4.79 Å². The van der Waals surface area contributed by atoms with Gasteiger partial charge in [-0.1, -0.05) is 36.4 Å². The smallest absolute Gasteiger partial charge is 0.270 e. The third-order valence-corrected chi connectivity index (χ3v) is 5.53. The number of nitrogens with zero attached hydrogens (tertiary/aromatic N) is 2. The van der Waals surface area contributed by atoms with Crippen LogP contribution >= 0.6 is 11.3 Å². The summed E-state index contributed by atoms with van der Waals surface area (Å²) in [5, 5.41) is 1.95. The minimum Gasteiger partial charge on any atom is -0.336 e. The van der Waals surface area contributed by atoms with Crippen LogP contribution in [0.1, 0.15) is 21.6 Å². The fraction of sp³-hybridized carbons (Fsp3) is 0.136. The summed E-state index contributed by atoms with van der Waals surface area (Å²) in [5.41, 5.74) is 3.08. The summed E-state index contributed by atoms with van der Waals surface area (Å²) in [5.74, 6) is -1.88. The Morgan fingerprint density at radius 2 is 1.79 bits per heavy atom. The first-order chi connectivity index (χ1) is 13.5. The van der Waals surface area contributed by atoms with Crippen molar-refractivity contribution in [3.8, 4) is 0 Å². The molecule has 6 heteroatoms. The van der Waals surface area contributed by atoms with Crippen LogP contribution in [0.5, 0.6) is 0 Å².